The molecular weight excluding hydrogens is 477 g/mol. The second kappa shape index (κ2) is 15.5. The van der Waals surface area contributed by atoms with Crippen molar-refractivity contribution >= 4 is 41.5 Å². The smallest absolute Gasteiger partial charge is 0.224 e. The molecule has 0 spiro atoms. The van der Waals surface area contributed by atoms with Crippen LogP contribution >= 0.6 is 24.0 Å². The third-order valence-electron chi connectivity index (χ3n) is 4.44. The van der Waals surface area contributed by atoms with Gasteiger partial charge in [0.2, 0.25) is 5.91 Å². The van der Waals surface area contributed by atoms with Gasteiger partial charge in [-0.05, 0) is 58.7 Å². The van der Waals surface area contributed by atoms with Crippen molar-refractivity contribution in [1.29, 1.82) is 0 Å². The first-order valence-electron chi connectivity index (χ1n) is 10.5. The molecule has 1 amide bonds. The highest BCUT2D eigenvalue weighted by Crippen LogP contribution is 2.12. The van der Waals surface area contributed by atoms with Crippen LogP contribution in [0.5, 0.6) is 0 Å². The SMILES string of the molecule is CCCC(=O)Nc1cccc(CN=C(NCC)NCCN(C(C)C)C(C)C)c1.I. The van der Waals surface area contributed by atoms with E-state index in [2.05, 4.69) is 55.5 Å². The summed E-state index contributed by atoms with van der Waals surface area (Å²) in [6.07, 6.45) is 1.39. The number of carbonyl (C=O) groups is 1. The zero-order chi connectivity index (χ0) is 20.9. The lowest BCUT2D eigenvalue weighted by Crippen LogP contribution is -2.45. The van der Waals surface area contributed by atoms with Crippen LogP contribution in [0.3, 0.4) is 0 Å². The molecule has 1 aromatic carbocycles. The Kier molecular flexibility index (Phi) is 14.8. The van der Waals surface area contributed by atoms with E-state index in [1.165, 1.54) is 0 Å². The Labute approximate surface area is 194 Å². The van der Waals surface area contributed by atoms with Crippen LogP contribution < -0.4 is 16.0 Å². The summed E-state index contributed by atoms with van der Waals surface area (Å²) in [5.74, 6) is 0.869. The van der Waals surface area contributed by atoms with E-state index in [0.29, 0.717) is 25.0 Å². The number of hydrogen-bond acceptors (Lipinski definition) is 3. The lowest BCUT2D eigenvalue weighted by Gasteiger charge is -2.30. The molecule has 0 aliphatic heterocycles. The van der Waals surface area contributed by atoms with Gasteiger partial charge in [-0.3, -0.25) is 9.69 Å². The second-order valence-corrected chi connectivity index (χ2v) is 7.55. The molecule has 3 N–H and O–H groups in total. The Bertz CT molecular complexity index is 611. The first-order chi connectivity index (χ1) is 13.4. The third kappa shape index (κ3) is 11.4. The molecule has 7 heteroatoms. The molecule has 0 aliphatic carbocycles. The van der Waals surface area contributed by atoms with Crippen molar-refractivity contribution < 1.29 is 4.79 Å². The summed E-state index contributed by atoms with van der Waals surface area (Å²) < 4.78 is 0. The van der Waals surface area contributed by atoms with Crippen LogP contribution in [0.1, 0.15) is 59.9 Å². The first kappa shape index (κ1) is 27.6. The van der Waals surface area contributed by atoms with Gasteiger partial charge in [0.25, 0.3) is 0 Å². The predicted octanol–water partition coefficient (Wildman–Crippen LogP) is 4.22. The minimum absolute atomic E-state index is 0. The predicted molar refractivity (Wildman–Crippen MR) is 135 cm³/mol. The monoisotopic (exact) mass is 517 g/mol. The van der Waals surface area contributed by atoms with Crippen LogP contribution in [0.2, 0.25) is 0 Å². The summed E-state index contributed by atoms with van der Waals surface area (Å²) >= 11 is 0. The van der Waals surface area contributed by atoms with Crippen molar-refractivity contribution in [3.63, 3.8) is 0 Å². The second-order valence-electron chi connectivity index (χ2n) is 7.55. The first-order valence-corrected chi connectivity index (χ1v) is 10.5. The van der Waals surface area contributed by atoms with Crippen molar-refractivity contribution in [2.75, 3.05) is 25.0 Å². The van der Waals surface area contributed by atoms with Crippen molar-refractivity contribution in [3.8, 4) is 0 Å². The van der Waals surface area contributed by atoms with Gasteiger partial charge in [0.1, 0.15) is 0 Å². The molecule has 6 nitrogen and oxygen atoms in total. The van der Waals surface area contributed by atoms with E-state index in [1.54, 1.807) is 0 Å². The standard InChI is InChI=1S/C22H39N5O.HI/c1-7-10-21(28)26-20-12-9-11-19(15-20)16-25-22(23-8-2)24-13-14-27(17(3)4)18(5)6;/h9,11-12,15,17-18H,7-8,10,13-14,16H2,1-6H3,(H,26,28)(H2,23,24,25);1H. The van der Waals surface area contributed by atoms with Gasteiger partial charge in [-0.15, -0.1) is 24.0 Å². The molecule has 0 aromatic heterocycles. The van der Waals surface area contributed by atoms with Crippen LogP contribution in [0.4, 0.5) is 5.69 Å². The van der Waals surface area contributed by atoms with Crippen LogP contribution in [-0.4, -0.2) is 48.5 Å². The number of anilines is 1. The van der Waals surface area contributed by atoms with Crippen molar-refractivity contribution in [2.24, 2.45) is 4.99 Å². The van der Waals surface area contributed by atoms with E-state index in [-0.39, 0.29) is 29.9 Å². The topological polar surface area (TPSA) is 68.8 Å². The quantitative estimate of drug-likeness (QED) is 0.234. The average molecular weight is 518 g/mol. The maximum absolute atomic E-state index is 11.8. The number of guanidine groups is 1. The largest absolute Gasteiger partial charge is 0.357 e. The molecule has 0 unspecified atom stereocenters. The van der Waals surface area contributed by atoms with Crippen LogP contribution in [0.15, 0.2) is 29.3 Å². The fraction of sp³-hybridized carbons (Fsp3) is 0.636. The Morgan fingerprint density at radius 2 is 1.79 bits per heavy atom. The maximum atomic E-state index is 11.8. The Hall–Kier alpha value is -1.35. The lowest BCUT2D eigenvalue weighted by molar-refractivity contribution is -0.116. The third-order valence-corrected chi connectivity index (χ3v) is 4.44. The van der Waals surface area contributed by atoms with Gasteiger partial charge in [-0.25, -0.2) is 4.99 Å². The van der Waals surface area contributed by atoms with Gasteiger partial charge >= 0.3 is 0 Å². The summed E-state index contributed by atoms with van der Waals surface area (Å²) in [5, 5.41) is 9.66. The average Bonchev–Trinajstić information content (AvgIpc) is 2.63. The summed E-state index contributed by atoms with van der Waals surface area (Å²) in [4.78, 5) is 18.9. The molecule has 0 atom stereocenters. The van der Waals surface area contributed by atoms with E-state index in [0.717, 1.165) is 43.3 Å². The van der Waals surface area contributed by atoms with E-state index in [4.69, 9.17) is 4.99 Å². The highest BCUT2D eigenvalue weighted by atomic mass is 127. The molecule has 29 heavy (non-hydrogen) atoms. The van der Waals surface area contributed by atoms with Crippen molar-refractivity contribution in [2.45, 2.75) is 73.0 Å². The Morgan fingerprint density at radius 3 is 2.38 bits per heavy atom. The summed E-state index contributed by atoms with van der Waals surface area (Å²) in [5.41, 5.74) is 1.89. The number of amides is 1. The van der Waals surface area contributed by atoms with Gasteiger partial charge in [0.05, 0.1) is 6.54 Å². The van der Waals surface area contributed by atoms with Gasteiger partial charge in [-0.2, -0.15) is 0 Å². The van der Waals surface area contributed by atoms with Crippen LogP contribution in [-0.2, 0) is 11.3 Å². The van der Waals surface area contributed by atoms with Gasteiger partial charge in [0.15, 0.2) is 5.96 Å². The van der Waals surface area contributed by atoms with Gasteiger partial charge in [0, 0.05) is 43.8 Å². The number of rotatable bonds is 11. The molecule has 0 aliphatic rings. The maximum Gasteiger partial charge on any atom is 0.224 e. The highest BCUT2D eigenvalue weighted by molar-refractivity contribution is 14.0. The molecule has 166 valence electrons. The number of halogens is 1. The zero-order valence-electron chi connectivity index (χ0n) is 18.9. The Morgan fingerprint density at radius 1 is 1.10 bits per heavy atom. The minimum Gasteiger partial charge on any atom is -0.357 e. The van der Waals surface area contributed by atoms with Crippen LogP contribution in [0.25, 0.3) is 0 Å². The van der Waals surface area contributed by atoms with Crippen molar-refractivity contribution in [3.05, 3.63) is 29.8 Å². The number of carbonyl (C=O) groups excluding carboxylic acids is 1. The minimum atomic E-state index is 0. The fourth-order valence-electron chi connectivity index (χ4n) is 3.13. The summed E-state index contributed by atoms with van der Waals surface area (Å²) in [7, 11) is 0. The van der Waals surface area contributed by atoms with E-state index >= 15 is 0 Å². The zero-order valence-corrected chi connectivity index (χ0v) is 21.2. The van der Waals surface area contributed by atoms with E-state index in [1.807, 2.05) is 31.2 Å². The Balaban J connectivity index is 0.00000784. The molecule has 1 rings (SSSR count). The molecule has 1 aromatic rings. The lowest BCUT2D eigenvalue weighted by atomic mass is 10.2. The van der Waals surface area contributed by atoms with Crippen LogP contribution in [0, 0.1) is 0 Å². The molecule has 0 radical (unpaired) electrons. The molecule has 0 fully saturated rings. The molecule has 0 bridgehead atoms. The molecule has 0 saturated heterocycles. The van der Waals surface area contributed by atoms with E-state index in [9.17, 15) is 4.79 Å². The molecule has 0 saturated carbocycles. The number of aliphatic imine (C=N–C) groups is 1. The van der Waals surface area contributed by atoms with E-state index < -0.39 is 0 Å². The number of hydrogen-bond donors (Lipinski definition) is 3. The highest BCUT2D eigenvalue weighted by Gasteiger charge is 2.12. The fourth-order valence-corrected chi connectivity index (χ4v) is 3.13. The summed E-state index contributed by atoms with van der Waals surface area (Å²) in [6, 6.07) is 8.92. The summed E-state index contributed by atoms with van der Waals surface area (Å²) in [6.45, 7) is 16.2. The normalized spacial score (nSPS) is 11.6. The van der Waals surface area contributed by atoms with Gasteiger partial charge in [-0.1, -0.05) is 19.1 Å². The molecule has 0 heterocycles. The van der Waals surface area contributed by atoms with Gasteiger partial charge < -0.3 is 16.0 Å². The molecular formula is C22H40IN5O. The number of nitrogens with one attached hydrogen (secondary N) is 3. The number of benzene rings is 1. The van der Waals surface area contributed by atoms with Crippen molar-refractivity contribution in [1.82, 2.24) is 15.5 Å². The number of nitrogens with zero attached hydrogens (tertiary/aromatic N) is 2.